The highest BCUT2D eigenvalue weighted by atomic mass is 16.3. The van der Waals surface area contributed by atoms with Crippen LogP contribution in [0, 0.1) is 23.7 Å². The quantitative estimate of drug-likeness (QED) is 0.655. The maximum Gasteiger partial charge on any atom is 0.0576 e. The highest BCUT2D eigenvalue weighted by Gasteiger charge is 2.44. The summed E-state index contributed by atoms with van der Waals surface area (Å²) >= 11 is 0. The molecular weight excluding hydrogens is 184 g/mol. The van der Waals surface area contributed by atoms with Crippen molar-refractivity contribution in [2.45, 2.75) is 52.6 Å². The Morgan fingerprint density at radius 3 is 2.53 bits per heavy atom. The van der Waals surface area contributed by atoms with Crippen molar-refractivity contribution < 1.29 is 5.11 Å². The molecule has 2 fully saturated rings. The van der Waals surface area contributed by atoms with E-state index < -0.39 is 0 Å². The van der Waals surface area contributed by atoms with Crippen molar-refractivity contribution >= 4 is 0 Å². The summed E-state index contributed by atoms with van der Waals surface area (Å²) in [6, 6.07) is 0. The fourth-order valence-corrected chi connectivity index (χ4v) is 3.78. The van der Waals surface area contributed by atoms with Gasteiger partial charge in [-0.05, 0) is 63.2 Å². The van der Waals surface area contributed by atoms with Gasteiger partial charge in [-0.15, -0.1) is 0 Å². The third kappa shape index (κ3) is 2.13. The average molecular weight is 208 g/mol. The van der Waals surface area contributed by atoms with Crippen molar-refractivity contribution in [1.29, 1.82) is 0 Å². The predicted molar refractivity (Wildman–Crippen MR) is 63.5 cm³/mol. The lowest BCUT2D eigenvalue weighted by Gasteiger charge is -2.38. The van der Waals surface area contributed by atoms with Crippen molar-refractivity contribution in [3.05, 3.63) is 11.6 Å². The molecular formula is C14H24O. The van der Waals surface area contributed by atoms with Crippen LogP contribution in [0.25, 0.3) is 0 Å². The second-order valence-electron chi connectivity index (χ2n) is 5.85. The van der Waals surface area contributed by atoms with Gasteiger partial charge in [0.1, 0.15) is 0 Å². The fraction of sp³-hybridized carbons (Fsp3) is 0.857. The Balaban J connectivity index is 2.16. The van der Waals surface area contributed by atoms with Gasteiger partial charge in [0.05, 0.1) is 6.10 Å². The molecule has 1 heteroatoms. The van der Waals surface area contributed by atoms with Crippen LogP contribution in [0.4, 0.5) is 0 Å². The van der Waals surface area contributed by atoms with E-state index in [0.717, 1.165) is 18.3 Å². The van der Waals surface area contributed by atoms with Crippen LogP contribution in [0.1, 0.15) is 46.5 Å². The number of rotatable bonds is 1. The third-order valence-electron chi connectivity index (χ3n) is 4.46. The van der Waals surface area contributed by atoms with Gasteiger partial charge in [-0.25, -0.2) is 0 Å². The van der Waals surface area contributed by atoms with Crippen LogP contribution in [0.5, 0.6) is 0 Å². The molecule has 0 radical (unpaired) electrons. The van der Waals surface area contributed by atoms with Gasteiger partial charge in [0.25, 0.3) is 0 Å². The van der Waals surface area contributed by atoms with Gasteiger partial charge in [-0.2, -0.15) is 0 Å². The normalized spacial score (nSPS) is 44.9. The molecule has 0 aromatic rings. The standard InChI is InChI=1S/C14H24O/c1-9(2)8-11-5-4-10(3)12-6-7-13(15)14(11)12/h8,10-15H,4-7H2,1-3H3/t10?,11-,12+,13-,14+/m0/s1. The zero-order valence-corrected chi connectivity index (χ0v) is 10.2. The molecule has 0 aliphatic heterocycles. The van der Waals surface area contributed by atoms with Crippen molar-refractivity contribution in [2.24, 2.45) is 23.7 Å². The summed E-state index contributed by atoms with van der Waals surface area (Å²) in [5.74, 6) is 2.82. The molecule has 0 bridgehead atoms. The summed E-state index contributed by atoms with van der Waals surface area (Å²) in [7, 11) is 0. The molecule has 1 N–H and O–H groups in total. The second-order valence-corrected chi connectivity index (χ2v) is 5.85. The zero-order chi connectivity index (χ0) is 11.0. The highest BCUT2D eigenvalue weighted by Crippen LogP contribution is 2.48. The molecule has 2 aliphatic carbocycles. The molecule has 86 valence electrons. The van der Waals surface area contributed by atoms with Gasteiger partial charge >= 0.3 is 0 Å². The average Bonchev–Trinajstić information content (AvgIpc) is 2.54. The molecule has 2 rings (SSSR count). The SMILES string of the molecule is CC(C)=C[C@@H]1CCC(C)[C@H]2CC[C@H](O)[C@H]12. The maximum atomic E-state index is 10.1. The highest BCUT2D eigenvalue weighted by molar-refractivity contribution is 5.05. The first-order valence-corrected chi connectivity index (χ1v) is 6.42. The first kappa shape index (κ1) is 11.2. The number of hydrogen-bond donors (Lipinski definition) is 1. The Bertz CT molecular complexity index is 252. The molecule has 1 unspecified atom stereocenters. The summed E-state index contributed by atoms with van der Waals surface area (Å²) in [5.41, 5.74) is 1.41. The Morgan fingerprint density at radius 2 is 1.87 bits per heavy atom. The summed E-state index contributed by atoms with van der Waals surface area (Å²) in [4.78, 5) is 0. The van der Waals surface area contributed by atoms with Gasteiger partial charge in [0, 0.05) is 0 Å². The zero-order valence-electron chi connectivity index (χ0n) is 10.2. The molecule has 0 aromatic heterocycles. The first-order valence-electron chi connectivity index (χ1n) is 6.42. The van der Waals surface area contributed by atoms with Crippen LogP contribution in [0.2, 0.25) is 0 Å². The van der Waals surface area contributed by atoms with Crippen LogP contribution in [0.15, 0.2) is 11.6 Å². The molecule has 0 saturated heterocycles. The topological polar surface area (TPSA) is 20.2 Å². The monoisotopic (exact) mass is 208 g/mol. The molecule has 0 amide bonds. The van der Waals surface area contributed by atoms with Crippen LogP contribution < -0.4 is 0 Å². The molecule has 0 aromatic carbocycles. The van der Waals surface area contributed by atoms with Gasteiger partial charge in [-0.3, -0.25) is 0 Å². The van der Waals surface area contributed by atoms with Crippen molar-refractivity contribution in [3.63, 3.8) is 0 Å². The van der Waals surface area contributed by atoms with Gasteiger partial charge < -0.3 is 5.11 Å². The molecule has 15 heavy (non-hydrogen) atoms. The molecule has 5 atom stereocenters. The second kappa shape index (κ2) is 4.29. The molecule has 1 nitrogen and oxygen atoms in total. The van der Waals surface area contributed by atoms with Gasteiger partial charge in [0.15, 0.2) is 0 Å². The molecule has 2 aliphatic rings. The van der Waals surface area contributed by atoms with Crippen LogP contribution in [-0.2, 0) is 0 Å². The number of aliphatic hydroxyl groups excluding tert-OH is 1. The Labute approximate surface area is 93.6 Å². The molecule has 0 heterocycles. The van der Waals surface area contributed by atoms with E-state index in [4.69, 9.17) is 0 Å². The largest absolute Gasteiger partial charge is 0.393 e. The van der Waals surface area contributed by atoms with Gasteiger partial charge in [0.2, 0.25) is 0 Å². The minimum Gasteiger partial charge on any atom is -0.393 e. The predicted octanol–water partition coefficient (Wildman–Crippen LogP) is 3.39. The molecule has 0 spiro atoms. The van der Waals surface area contributed by atoms with E-state index in [-0.39, 0.29) is 6.10 Å². The lowest BCUT2D eigenvalue weighted by Crippen LogP contribution is -2.34. The van der Waals surface area contributed by atoms with Crippen molar-refractivity contribution in [1.82, 2.24) is 0 Å². The number of fused-ring (bicyclic) bond motifs is 1. The third-order valence-corrected chi connectivity index (χ3v) is 4.46. The minimum atomic E-state index is -0.0293. The fourth-order valence-electron chi connectivity index (χ4n) is 3.78. The molecule has 2 saturated carbocycles. The van der Waals surface area contributed by atoms with E-state index in [1.54, 1.807) is 0 Å². The van der Waals surface area contributed by atoms with Crippen molar-refractivity contribution in [3.8, 4) is 0 Å². The smallest absolute Gasteiger partial charge is 0.0576 e. The lowest BCUT2D eigenvalue weighted by atomic mass is 9.68. The number of aliphatic hydroxyl groups is 1. The Hall–Kier alpha value is -0.300. The van der Waals surface area contributed by atoms with Gasteiger partial charge in [-0.1, -0.05) is 18.6 Å². The van der Waals surface area contributed by atoms with E-state index in [0.29, 0.717) is 11.8 Å². The Kier molecular flexibility index (Phi) is 3.20. The summed E-state index contributed by atoms with van der Waals surface area (Å²) in [6.07, 6.45) is 7.29. The van der Waals surface area contributed by atoms with Crippen LogP contribution >= 0.6 is 0 Å². The summed E-state index contributed by atoms with van der Waals surface area (Å²) in [5, 5.41) is 10.1. The summed E-state index contributed by atoms with van der Waals surface area (Å²) < 4.78 is 0. The van der Waals surface area contributed by atoms with Crippen molar-refractivity contribution in [2.75, 3.05) is 0 Å². The van der Waals surface area contributed by atoms with E-state index >= 15 is 0 Å². The van der Waals surface area contributed by atoms with Crippen LogP contribution in [-0.4, -0.2) is 11.2 Å². The Morgan fingerprint density at radius 1 is 1.13 bits per heavy atom. The van der Waals surface area contributed by atoms with E-state index in [1.807, 2.05) is 0 Å². The first-order chi connectivity index (χ1) is 7.09. The van der Waals surface area contributed by atoms with E-state index in [2.05, 4.69) is 26.8 Å². The van der Waals surface area contributed by atoms with Crippen LogP contribution in [0.3, 0.4) is 0 Å². The van der Waals surface area contributed by atoms with E-state index in [9.17, 15) is 5.11 Å². The lowest BCUT2D eigenvalue weighted by molar-refractivity contribution is 0.0494. The number of allylic oxidation sites excluding steroid dienone is 2. The summed E-state index contributed by atoms with van der Waals surface area (Å²) in [6.45, 7) is 6.72. The maximum absolute atomic E-state index is 10.1. The number of hydrogen-bond acceptors (Lipinski definition) is 1. The minimum absolute atomic E-state index is 0.0293. The van der Waals surface area contributed by atoms with E-state index in [1.165, 1.54) is 24.8 Å².